The van der Waals surface area contributed by atoms with Gasteiger partial charge < -0.3 is 4.74 Å². The zero-order chi connectivity index (χ0) is 12.1. The molecule has 2 rings (SSSR count). The molecule has 3 nitrogen and oxygen atoms in total. The largest absolute Gasteiger partial charge is 0.497 e. The van der Waals surface area contributed by atoms with Crippen molar-refractivity contribution in [3.63, 3.8) is 0 Å². The normalized spacial score (nSPS) is 10.2. The Balaban J connectivity index is 2.13. The quantitative estimate of drug-likeness (QED) is 0.614. The predicted molar refractivity (Wildman–Crippen MR) is 69.6 cm³/mol. The molecule has 0 saturated heterocycles. The van der Waals surface area contributed by atoms with E-state index in [9.17, 15) is 0 Å². The van der Waals surface area contributed by atoms with Gasteiger partial charge in [0.1, 0.15) is 5.75 Å². The summed E-state index contributed by atoms with van der Waals surface area (Å²) in [5.74, 6) is 0.876. The van der Waals surface area contributed by atoms with Crippen molar-refractivity contribution in [2.24, 2.45) is 0 Å². The number of nitrogens with zero attached hydrogens (tertiary/aromatic N) is 2. The van der Waals surface area contributed by atoms with Gasteiger partial charge in [-0.3, -0.25) is 0 Å². The standard InChI is InChI=1S/C13H14N2OS/c1-16-12-5-3-10(4-6-12)9-11-7-8-14-13(15-11)17-2/h3-8H,9H2,1-2H3. The molecule has 1 aromatic heterocycles. The summed E-state index contributed by atoms with van der Waals surface area (Å²) in [5.41, 5.74) is 2.26. The van der Waals surface area contributed by atoms with Crippen LogP contribution in [0.15, 0.2) is 41.7 Å². The Bertz CT molecular complexity index is 485. The van der Waals surface area contributed by atoms with E-state index in [1.54, 1.807) is 25.1 Å². The van der Waals surface area contributed by atoms with E-state index in [1.807, 2.05) is 24.5 Å². The van der Waals surface area contributed by atoms with Crippen LogP contribution in [0.3, 0.4) is 0 Å². The van der Waals surface area contributed by atoms with Crippen LogP contribution in [0.5, 0.6) is 5.75 Å². The first-order valence-corrected chi connectivity index (χ1v) is 6.53. The molecule has 0 saturated carbocycles. The van der Waals surface area contributed by atoms with Gasteiger partial charge >= 0.3 is 0 Å². The lowest BCUT2D eigenvalue weighted by molar-refractivity contribution is 0.414. The van der Waals surface area contributed by atoms with Gasteiger partial charge in [0.2, 0.25) is 0 Å². The van der Waals surface area contributed by atoms with Crippen molar-refractivity contribution in [3.05, 3.63) is 47.8 Å². The summed E-state index contributed by atoms with van der Waals surface area (Å²) in [6.45, 7) is 0. The minimum atomic E-state index is 0.816. The lowest BCUT2D eigenvalue weighted by atomic mass is 10.1. The van der Waals surface area contributed by atoms with Crippen molar-refractivity contribution in [2.75, 3.05) is 13.4 Å². The lowest BCUT2D eigenvalue weighted by Gasteiger charge is -2.04. The van der Waals surface area contributed by atoms with E-state index in [0.717, 1.165) is 23.0 Å². The molecule has 4 heteroatoms. The number of methoxy groups -OCH3 is 1. The van der Waals surface area contributed by atoms with Gasteiger partial charge in [0, 0.05) is 18.3 Å². The number of hydrogen-bond donors (Lipinski definition) is 0. The third-order valence-electron chi connectivity index (χ3n) is 2.42. The molecule has 0 atom stereocenters. The fraction of sp³-hybridized carbons (Fsp3) is 0.231. The van der Waals surface area contributed by atoms with Crippen molar-refractivity contribution in [3.8, 4) is 5.75 Å². The molecular weight excluding hydrogens is 232 g/mol. The zero-order valence-corrected chi connectivity index (χ0v) is 10.7. The van der Waals surface area contributed by atoms with Gasteiger partial charge in [-0.05, 0) is 30.0 Å². The Morgan fingerprint density at radius 3 is 2.59 bits per heavy atom. The fourth-order valence-corrected chi connectivity index (χ4v) is 1.90. The maximum atomic E-state index is 5.13. The zero-order valence-electron chi connectivity index (χ0n) is 9.88. The van der Waals surface area contributed by atoms with E-state index < -0.39 is 0 Å². The Morgan fingerprint density at radius 1 is 1.18 bits per heavy atom. The summed E-state index contributed by atoms with van der Waals surface area (Å²) in [6, 6.07) is 9.99. The number of ether oxygens (including phenoxy) is 1. The molecule has 17 heavy (non-hydrogen) atoms. The van der Waals surface area contributed by atoms with Crippen molar-refractivity contribution < 1.29 is 4.74 Å². The Hall–Kier alpha value is -1.55. The van der Waals surface area contributed by atoms with Crippen LogP contribution in [-0.4, -0.2) is 23.3 Å². The molecule has 0 amide bonds. The number of aromatic nitrogens is 2. The van der Waals surface area contributed by atoms with Crippen LogP contribution in [0.25, 0.3) is 0 Å². The van der Waals surface area contributed by atoms with Gasteiger partial charge in [-0.15, -0.1) is 0 Å². The van der Waals surface area contributed by atoms with Crippen LogP contribution in [0.1, 0.15) is 11.3 Å². The first-order chi connectivity index (χ1) is 8.31. The molecule has 0 bridgehead atoms. The highest BCUT2D eigenvalue weighted by atomic mass is 32.2. The molecule has 0 spiro atoms. The van der Waals surface area contributed by atoms with E-state index >= 15 is 0 Å². The van der Waals surface area contributed by atoms with Crippen molar-refractivity contribution >= 4 is 11.8 Å². The molecule has 1 heterocycles. The highest BCUT2D eigenvalue weighted by Crippen LogP contribution is 2.15. The van der Waals surface area contributed by atoms with E-state index in [2.05, 4.69) is 22.1 Å². The van der Waals surface area contributed by atoms with Crippen LogP contribution >= 0.6 is 11.8 Å². The van der Waals surface area contributed by atoms with Gasteiger partial charge in [0.05, 0.1) is 7.11 Å². The smallest absolute Gasteiger partial charge is 0.187 e. The van der Waals surface area contributed by atoms with Gasteiger partial charge in [-0.25, -0.2) is 9.97 Å². The van der Waals surface area contributed by atoms with E-state index in [-0.39, 0.29) is 0 Å². The minimum absolute atomic E-state index is 0.816. The van der Waals surface area contributed by atoms with Crippen LogP contribution in [0, 0.1) is 0 Å². The first-order valence-electron chi connectivity index (χ1n) is 5.30. The average Bonchev–Trinajstić information content (AvgIpc) is 2.40. The van der Waals surface area contributed by atoms with E-state index in [4.69, 9.17) is 4.74 Å². The Morgan fingerprint density at radius 2 is 1.94 bits per heavy atom. The Labute approximate surface area is 105 Å². The summed E-state index contributed by atoms with van der Waals surface area (Å²) in [7, 11) is 1.67. The summed E-state index contributed by atoms with van der Waals surface area (Å²) < 4.78 is 5.13. The SMILES string of the molecule is COc1ccc(Cc2ccnc(SC)n2)cc1. The maximum absolute atomic E-state index is 5.13. The number of rotatable bonds is 4. The predicted octanol–water partition coefficient (Wildman–Crippen LogP) is 2.80. The average molecular weight is 246 g/mol. The topological polar surface area (TPSA) is 35.0 Å². The highest BCUT2D eigenvalue weighted by molar-refractivity contribution is 7.98. The van der Waals surface area contributed by atoms with Crippen LogP contribution < -0.4 is 4.74 Å². The lowest BCUT2D eigenvalue weighted by Crippen LogP contribution is -1.95. The molecule has 0 aliphatic carbocycles. The monoisotopic (exact) mass is 246 g/mol. The molecule has 0 N–H and O–H groups in total. The summed E-state index contributed by atoms with van der Waals surface area (Å²) >= 11 is 1.56. The van der Waals surface area contributed by atoms with Crippen LogP contribution in [-0.2, 0) is 6.42 Å². The van der Waals surface area contributed by atoms with Gasteiger partial charge in [-0.1, -0.05) is 23.9 Å². The van der Waals surface area contributed by atoms with Crippen molar-refractivity contribution in [2.45, 2.75) is 11.6 Å². The molecule has 0 aliphatic rings. The first kappa shape index (κ1) is 11.9. The summed E-state index contributed by atoms with van der Waals surface area (Å²) in [6.07, 6.45) is 4.60. The molecular formula is C13H14N2OS. The van der Waals surface area contributed by atoms with Crippen LogP contribution in [0.4, 0.5) is 0 Å². The Kier molecular flexibility index (Phi) is 3.98. The fourth-order valence-electron chi connectivity index (χ4n) is 1.53. The van der Waals surface area contributed by atoms with Crippen molar-refractivity contribution in [1.29, 1.82) is 0 Å². The molecule has 2 aromatic rings. The number of hydrogen-bond acceptors (Lipinski definition) is 4. The third-order valence-corrected chi connectivity index (χ3v) is 2.98. The van der Waals surface area contributed by atoms with E-state index in [0.29, 0.717) is 0 Å². The molecule has 88 valence electrons. The molecule has 0 aliphatic heterocycles. The molecule has 0 radical (unpaired) electrons. The molecule has 0 unspecified atom stereocenters. The number of benzene rings is 1. The second-order valence-electron chi connectivity index (χ2n) is 3.56. The third kappa shape index (κ3) is 3.20. The second-order valence-corrected chi connectivity index (χ2v) is 4.33. The second kappa shape index (κ2) is 5.68. The number of thioether (sulfide) groups is 1. The van der Waals surface area contributed by atoms with Crippen LogP contribution in [0.2, 0.25) is 0 Å². The van der Waals surface area contributed by atoms with Gasteiger partial charge in [0.25, 0.3) is 0 Å². The molecule has 1 aromatic carbocycles. The summed E-state index contributed by atoms with van der Waals surface area (Å²) in [4.78, 5) is 8.61. The van der Waals surface area contributed by atoms with Crippen molar-refractivity contribution in [1.82, 2.24) is 9.97 Å². The molecule has 0 fully saturated rings. The van der Waals surface area contributed by atoms with Gasteiger partial charge in [-0.2, -0.15) is 0 Å². The van der Waals surface area contributed by atoms with E-state index in [1.165, 1.54) is 5.56 Å². The van der Waals surface area contributed by atoms with Gasteiger partial charge in [0.15, 0.2) is 5.16 Å². The highest BCUT2D eigenvalue weighted by Gasteiger charge is 2.00. The maximum Gasteiger partial charge on any atom is 0.187 e. The summed E-state index contributed by atoms with van der Waals surface area (Å²) in [5, 5.41) is 0.816. The minimum Gasteiger partial charge on any atom is -0.497 e.